The molecule has 180 valence electrons. The summed E-state index contributed by atoms with van der Waals surface area (Å²) in [6.45, 7) is 9.02. The van der Waals surface area contributed by atoms with Crippen molar-refractivity contribution in [3.8, 4) is 16.3 Å². The monoisotopic (exact) mass is 482 g/mol. The van der Waals surface area contributed by atoms with Gasteiger partial charge in [0, 0.05) is 37.3 Å². The Balaban J connectivity index is 1.36. The number of piperidine rings is 1. The molecule has 0 N–H and O–H groups in total. The van der Waals surface area contributed by atoms with E-state index in [1.807, 2.05) is 56.5 Å². The van der Waals surface area contributed by atoms with Crippen LogP contribution in [0, 0.1) is 6.92 Å². The van der Waals surface area contributed by atoms with Crippen molar-refractivity contribution in [2.45, 2.75) is 52.2 Å². The van der Waals surface area contributed by atoms with Gasteiger partial charge in [-0.2, -0.15) is 10.2 Å². The predicted molar refractivity (Wildman–Crippen MR) is 132 cm³/mol. The first-order valence-corrected chi connectivity index (χ1v) is 12.3. The Labute approximate surface area is 202 Å². The number of methoxy groups -OCH3 is 1. The topological polar surface area (TPSA) is 87.3 Å². The zero-order valence-corrected chi connectivity index (χ0v) is 21.3. The molecule has 0 spiro atoms. The summed E-state index contributed by atoms with van der Waals surface area (Å²) >= 11 is 1.57. The van der Waals surface area contributed by atoms with Gasteiger partial charge in [0.25, 0.3) is 0 Å². The summed E-state index contributed by atoms with van der Waals surface area (Å²) in [5, 5.41) is 11.3. The Morgan fingerprint density at radius 3 is 2.56 bits per heavy atom. The first kappa shape index (κ1) is 22.6. The van der Waals surface area contributed by atoms with E-state index in [4.69, 9.17) is 19.6 Å². The largest absolute Gasteiger partial charge is 0.496 e. The second kappa shape index (κ2) is 8.26. The van der Waals surface area contributed by atoms with Crippen LogP contribution in [0.15, 0.2) is 18.5 Å². The fourth-order valence-corrected chi connectivity index (χ4v) is 5.46. The highest BCUT2D eigenvalue weighted by Crippen LogP contribution is 2.40. The number of likely N-dealkylation sites (tertiary alicyclic amines) is 1. The van der Waals surface area contributed by atoms with Crippen LogP contribution in [0.4, 0.5) is 4.79 Å². The van der Waals surface area contributed by atoms with Crippen molar-refractivity contribution < 1.29 is 14.3 Å². The molecule has 1 aliphatic heterocycles. The van der Waals surface area contributed by atoms with Crippen molar-refractivity contribution >= 4 is 38.7 Å². The summed E-state index contributed by atoms with van der Waals surface area (Å²) < 4.78 is 15.1. The summed E-state index contributed by atoms with van der Waals surface area (Å²) in [6.07, 6.45) is 5.46. The third kappa shape index (κ3) is 4.11. The van der Waals surface area contributed by atoms with E-state index in [9.17, 15) is 4.79 Å². The SMILES string of the molecule is COc1c(-c2nc3cn(C4CCN(C(=O)OC(C)(C)C)CC4)nc3s2)cc2cn(C)nc2c1C. The molecule has 0 atom stereocenters. The van der Waals surface area contributed by atoms with Gasteiger partial charge in [0.2, 0.25) is 0 Å². The highest BCUT2D eigenvalue weighted by atomic mass is 32.1. The third-order valence-electron chi connectivity index (χ3n) is 6.12. The third-order valence-corrected chi connectivity index (χ3v) is 7.11. The van der Waals surface area contributed by atoms with Crippen molar-refractivity contribution in [1.82, 2.24) is 29.4 Å². The fraction of sp³-hybridized carbons (Fsp3) is 0.500. The van der Waals surface area contributed by atoms with Crippen LogP contribution in [-0.2, 0) is 11.8 Å². The normalized spacial score (nSPS) is 15.4. The second-order valence-electron chi connectivity index (χ2n) is 9.84. The minimum absolute atomic E-state index is 0.242. The number of hydrogen-bond acceptors (Lipinski definition) is 7. The van der Waals surface area contributed by atoms with Gasteiger partial charge in [0.15, 0.2) is 4.83 Å². The summed E-state index contributed by atoms with van der Waals surface area (Å²) in [5.41, 5.74) is 3.30. The van der Waals surface area contributed by atoms with Crippen molar-refractivity contribution in [3.63, 3.8) is 0 Å². The van der Waals surface area contributed by atoms with Gasteiger partial charge < -0.3 is 14.4 Å². The molecule has 10 heteroatoms. The summed E-state index contributed by atoms with van der Waals surface area (Å²) in [7, 11) is 3.60. The number of benzene rings is 1. The van der Waals surface area contributed by atoms with Crippen LogP contribution in [0.25, 0.3) is 31.8 Å². The van der Waals surface area contributed by atoms with Crippen molar-refractivity contribution in [3.05, 3.63) is 24.0 Å². The minimum Gasteiger partial charge on any atom is -0.496 e. The summed E-state index contributed by atoms with van der Waals surface area (Å²) in [6, 6.07) is 2.33. The number of carbonyl (C=O) groups is 1. The van der Waals surface area contributed by atoms with Gasteiger partial charge in [-0.15, -0.1) is 0 Å². The highest BCUT2D eigenvalue weighted by molar-refractivity contribution is 7.21. The van der Waals surface area contributed by atoms with Gasteiger partial charge in [-0.25, -0.2) is 9.78 Å². The predicted octanol–water partition coefficient (Wildman–Crippen LogP) is 4.94. The number of carbonyl (C=O) groups excluding carboxylic acids is 1. The standard InChI is InChI=1S/C24H30N6O3S/c1-14-19-15(12-28(5)26-19)11-17(20(14)32-6)21-25-18-13-30(27-22(18)34-21)16-7-9-29(10-8-16)23(31)33-24(2,3)4/h11-13,16H,7-10H2,1-6H3. The number of aryl methyl sites for hydroxylation is 2. The van der Waals surface area contributed by atoms with Crippen molar-refractivity contribution in [2.24, 2.45) is 7.05 Å². The highest BCUT2D eigenvalue weighted by Gasteiger charge is 2.28. The Kier molecular flexibility index (Phi) is 5.50. The molecule has 4 heterocycles. The summed E-state index contributed by atoms with van der Waals surface area (Å²) in [5.74, 6) is 0.796. The molecule has 0 saturated carbocycles. The molecule has 4 aromatic rings. The second-order valence-corrected chi connectivity index (χ2v) is 10.8. The van der Waals surface area contributed by atoms with E-state index >= 15 is 0 Å². The number of fused-ring (bicyclic) bond motifs is 2. The number of rotatable bonds is 3. The van der Waals surface area contributed by atoms with Crippen LogP contribution >= 0.6 is 11.3 Å². The maximum Gasteiger partial charge on any atom is 0.410 e. The van der Waals surface area contributed by atoms with E-state index < -0.39 is 5.60 Å². The molecule has 1 aromatic carbocycles. The Morgan fingerprint density at radius 2 is 1.91 bits per heavy atom. The minimum atomic E-state index is -0.480. The molecule has 0 unspecified atom stereocenters. The lowest BCUT2D eigenvalue weighted by molar-refractivity contribution is 0.0185. The Hall–Kier alpha value is -3.14. The maximum atomic E-state index is 12.3. The van der Waals surface area contributed by atoms with Crippen LogP contribution < -0.4 is 4.74 Å². The van der Waals surface area contributed by atoms with Gasteiger partial charge in [-0.1, -0.05) is 11.3 Å². The molecular formula is C24H30N6O3S. The number of amides is 1. The molecule has 1 fully saturated rings. The lowest BCUT2D eigenvalue weighted by atomic mass is 10.1. The summed E-state index contributed by atoms with van der Waals surface area (Å²) in [4.78, 5) is 19.9. The van der Waals surface area contributed by atoms with E-state index in [1.54, 1.807) is 23.3 Å². The number of nitrogens with zero attached hydrogens (tertiary/aromatic N) is 6. The van der Waals surface area contributed by atoms with Crippen molar-refractivity contribution in [1.29, 1.82) is 0 Å². The molecule has 0 radical (unpaired) electrons. The first-order chi connectivity index (χ1) is 16.1. The lowest BCUT2D eigenvalue weighted by Crippen LogP contribution is -2.42. The average Bonchev–Trinajstić information content (AvgIpc) is 3.45. The van der Waals surface area contributed by atoms with Gasteiger partial charge >= 0.3 is 6.09 Å². The molecule has 5 rings (SSSR count). The first-order valence-electron chi connectivity index (χ1n) is 11.5. The molecule has 1 aliphatic rings. The molecule has 1 saturated heterocycles. The van der Waals surface area contributed by atoms with Gasteiger partial charge in [-0.3, -0.25) is 9.36 Å². The van der Waals surface area contributed by atoms with E-state index in [1.165, 1.54) is 0 Å². The molecule has 0 aliphatic carbocycles. The maximum absolute atomic E-state index is 12.3. The Bertz CT molecular complexity index is 1340. The zero-order valence-electron chi connectivity index (χ0n) is 20.5. The molecule has 3 aromatic heterocycles. The number of aromatic nitrogens is 5. The van der Waals surface area contributed by atoms with E-state index in [0.29, 0.717) is 13.1 Å². The number of hydrogen-bond donors (Lipinski definition) is 0. The molecule has 1 amide bonds. The molecule has 0 bridgehead atoms. The van der Waals surface area contributed by atoms with Crippen LogP contribution in [0.2, 0.25) is 0 Å². The van der Waals surface area contributed by atoms with Gasteiger partial charge in [0.05, 0.1) is 30.4 Å². The van der Waals surface area contributed by atoms with E-state index in [0.717, 1.165) is 56.0 Å². The van der Waals surface area contributed by atoms with Crippen LogP contribution in [0.5, 0.6) is 5.75 Å². The molecule has 9 nitrogen and oxygen atoms in total. The van der Waals surface area contributed by atoms with Gasteiger partial charge in [-0.05, 0) is 46.6 Å². The van der Waals surface area contributed by atoms with Gasteiger partial charge in [0.1, 0.15) is 21.9 Å². The van der Waals surface area contributed by atoms with Crippen LogP contribution in [0.3, 0.4) is 0 Å². The van der Waals surface area contributed by atoms with E-state index in [2.05, 4.69) is 11.2 Å². The lowest BCUT2D eigenvalue weighted by Gasteiger charge is -2.33. The molecule has 34 heavy (non-hydrogen) atoms. The van der Waals surface area contributed by atoms with Crippen LogP contribution in [0.1, 0.15) is 45.2 Å². The fourth-order valence-electron chi connectivity index (χ4n) is 4.54. The smallest absolute Gasteiger partial charge is 0.410 e. The quantitative estimate of drug-likeness (QED) is 0.411. The number of ether oxygens (including phenoxy) is 2. The van der Waals surface area contributed by atoms with E-state index in [-0.39, 0.29) is 12.1 Å². The number of thiazole rings is 1. The Morgan fingerprint density at radius 1 is 1.18 bits per heavy atom. The average molecular weight is 483 g/mol. The zero-order chi connectivity index (χ0) is 24.2. The van der Waals surface area contributed by atoms with Crippen molar-refractivity contribution in [2.75, 3.05) is 20.2 Å². The molecular weight excluding hydrogens is 452 g/mol. The van der Waals surface area contributed by atoms with Crippen LogP contribution in [-0.4, -0.2) is 61.3 Å².